The molecule has 7 heteroatoms. The largest absolute Gasteiger partial charge is 0.480 e. The van der Waals surface area contributed by atoms with Crippen LogP contribution in [-0.2, 0) is 14.3 Å². The molecule has 5 rings (SSSR count). The van der Waals surface area contributed by atoms with Crippen LogP contribution in [-0.4, -0.2) is 53.2 Å². The van der Waals surface area contributed by atoms with E-state index in [0.29, 0.717) is 25.8 Å². The highest BCUT2D eigenvalue weighted by Gasteiger charge is 2.39. The van der Waals surface area contributed by atoms with Crippen molar-refractivity contribution >= 4 is 18.0 Å². The number of hydrogen-bond donors (Lipinski definition) is 2. The first-order chi connectivity index (χ1) is 16.0. The number of nitrogens with one attached hydrogen (secondary N) is 1. The lowest BCUT2D eigenvalue weighted by Gasteiger charge is -2.38. The molecule has 0 bridgehead atoms. The standard InChI is InChI=1S/C26H28N2O5/c29-24(28-12-11-23(28)25(30)31)14-16-9-10-17(13-16)27-26(32)33-15-22-20-7-3-1-5-18(20)19-6-2-4-8-21(19)22/h1-8,16-17,22-23H,9-15H2,(H,27,32)(H,30,31)/t16-,17+,23?/m1/s1. The summed E-state index contributed by atoms with van der Waals surface area (Å²) in [7, 11) is 0. The molecule has 1 aliphatic heterocycles. The number of nitrogens with zero attached hydrogens (tertiary/aromatic N) is 1. The molecule has 0 aromatic heterocycles. The average molecular weight is 449 g/mol. The van der Waals surface area contributed by atoms with Crippen molar-refractivity contribution < 1.29 is 24.2 Å². The van der Waals surface area contributed by atoms with Crippen molar-refractivity contribution in [1.29, 1.82) is 0 Å². The Labute approximate surface area is 192 Å². The van der Waals surface area contributed by atoms with Gasteiger partial charge in [-0.05, 0) is 53.9 Å². The number of rotatable bonds is 6. The number of alkyl carbamates (subject to hydrolysis) is 1. The summed E-state index contributed by atoms with van der Waals surface area (Å²) < 4.78 is 5.63. The first-order valence-corrected chi connectivity index (χ1v) is 11.6. The maximum Gasteiger partial charge on any atom is 0.407 e. The van der Waals surface area contributed by atoms with E-state index in [4.69, 9.17) is 9.84 Å². The predicted molar refractivity (Wildman–Crippen MR) is 122 cm³/mol. The highest BCUT2D eigenvalue weighted by atomic mass is 16.5. The van der Waals surface area contributed by atoms with E-state index >= 15 is 0 Å². The number of hydrogen-bond acceptors (Lipinski definition) is 4. The predicted octanol–water partition coefficient (Wildman–Crippen LogP) is 3.77. The summed E-state index contributed by atoms with van der Waals surface area (Å²) in [6.45, 7) is 0.796. The van der Waals surface area contributed by atoms with Crippen LogP contribution in [0.15, 0.2) is 48.5 Å². The Hall–Kier alpha value is -3.35. The van der Waals surface area contributed by atoms with Crippen LogP contribution in [0.25, 0.3) is 11.1 Å². The van der Waals surface area contributed by atoms with Gasteiger partial charge in [-0.3, -0.25) is 4.79 Å². The zero-order valence-corrected chi connectivity index (χ0v) is 18.4. The van der Waals surface area contributed by atoms with Crippen LogP contribution in [0.5, 0.6) is 0 Å². The molecule has 1 unspecified atom stereocenters. The minimum absolute atomic E-state index is 0.0230. The molecule has 2 fully saturated rings. The molecule has 1 heterocycles. The molecule has 3 atom stereocenters. The first-order valence-electron chi connectivity index (χ1n) is 11.6. The minimum atomic E-state index is -0.934. The van der Waals surface area contributed by atoms with Crippen molar-refractivity contribution in [2.75, 3.05) is 13.2 Å². The maximum atomic E-state index is 12.5. The number of carbonyl (C=O) groups excluding carboxylic acids is 2. The van der Waals surface area contributed by atoms with Gasteiger partial charge in [0, 0.05) is 24.9 Å². The second-order valence-electron chi connectivity index (χ2n) is 9.28. The highest BCUT2D eigenvalue weighted by Crippen LogP contribution is 2.44. The summed E-state index contributed by atoms with van der Waals surface area (Å²) in [5.74, 6) is -0.849. The van der Waals surface area contributed by atoms with E-state index in [1.54, 1.807) is 0 Å². The SMILES string of the molecule is O=C(N[C@H]1CC[C@@H](CC(=O)N2CCC2C(=O)O)C1)OCC1c2ccccc2-c2ccccc21. The van der Waals surface area contributed by atoms with Crippen LogP contribution < -0.4 is 5.32 Å². The molecule has 2 aromatic rings. The summed E-state index contributed by atoms with van der Waals surface area (Å²) in [5, 5.41) is 12.1. The fourth-order valence-corrected chi connectivity index (χ4v) is 5.50. The van der Waals surface area contributed by atoms with E-state index in [0.717, 1.165) is 12.8 Å². The number of likely N-dealkylation sites (tertiary alicyclic amines) is 1. The molecule has 2 aromatic carbocycles. The zero-order valence-electron chi connectivity index (χ0n) is 18.4. The van der Waals surface area contributed by atoms with Crippen molar-refractivity contribution in [2.24, 2.45) is 5.92 Å². The van der Waals surface area contributed by atoms with E-state index in [9.17, 15) is 14.4 Å². The van der Waals surface area contributed by atoms with Gasteiger partial charge < -0.3 is 20.1 Å². The Morgan fingerprint density at radius 3 is 2.24 bits per heavy atom. The Balaban J connectivity index is 1.12. The van der Waals surface area contributed by atoms with Gasteiger partial charge in [-0.1, -0.05) is 48.5 Å². The average Bonchev–Trinajstić information content (AvgIpc) is 3.33. The fraction of sp³-hybridized carbons (Fsp3) is 0.423. The lowest BCUT2D eigenvalue weighted by Crippen LogP contribution is -2.55. The molecule has 1 saturated heterocycles. The zero-order chi connectivity index (χ0) is 22.9. The Morgan fingerprint density at radius 1 is 0.970 bits per heavy atom. The van der Waals surface area contributed by atoms with Crippen molar-refractivity contribution in [3.05, 3.63) is 59.7 Å². The number of fused-ring (bicyclic) bond motifs is 3. The van der Waals surface area contributed by atoms with Gasteiger partial charge in [-0.2, -0.15) is 0 Å². The van der Waals surface area contributed by atoms with Gasteiger partial charge >= 0.3 is 12.1 Å². The first kappa shape index (κ1) is 21.5. The van der Waals surface area contributed by atoms with Gasteiger partial charge in [0.05, 0.1) is 0 Å². The normalized spacial score (nSPS) is 23.4. The molecule has 2 N–H and O–H groups in total. The highest BCUT2D eigenvalue weighted by molar-refractivity contribution is 5.85. The van der Waals surface area contributed by atoms with Crippen molar-refractivity contribution in [2.45, 2.75) is 50.1 Å². The molecule has 172 valence electrons. The fourth-order valence-electron chi connectivity index (χ4n) is 5.50. The summed E-state index contributed by atoms with van der Waals surface area (Å²) >= 11 is 0. The molecule has 0 spiro atoms. The number of amides is 2. The second kappa shape index (κ2) is 8.89. The Bertz CT molecular complexity index is 1040. The van der Waals surface area contributed by atoms with Crippen molar-refractivity contribution in [3.8, 4) is 11.1 Å². The van der Waals surface area contributed by atoms with Gasteiger partial charge in [0.25, 0.3) is 0 Å². The minimum Gasteiger partial charge on any atom is -0.480 e. The van der Waals surface area contributed by atoms with Crippen LogP contribution >= 0.6 is 0 Å². The third kappa shape index (κ3) is 4.19. The Kier molecular flexibility index (Phi) is 5.79. The lowest BCUT2D eigenvalue weighted by molar-refractivity contribution is -0.157. The van der Waals surface area contributed by atoms with Gasteiger partial charge in [0.1, 0.15) is 12.6 Å². The summed E-state index contributed by atoms with van der Waals surface area (Å²) in [6.07, 6.45) is 2.78. The molecule has 1 saturated carbocycles. The van der Waals surface area contributed by atoms with E-state index in [2.05, 4.69) is 29.6 Å². The van der Waals surface area contributed by atoms with E-state index < -0.39 is 18.1 Å². The monoisotopic (exact) mass is 448 g/mol. The number of benzene rings is 2. The summed E-state index contributed by atoms with van der Waals surface area (Å²) in [5.41, 5.74) is 4.74. The summed E-state index contributed by atoms with van der Waals surface area (Å²) in [6, 6.07) is 15.8. The van der Waals surface area contributed by atoms with Crippen LogP contribution in [0.3, 0.4) is 0 Å². The number of carboxylic acids is 1. The van der Waals surface area contributed by atoms with E-state index in [1.165, 1.54) is 27.2 Å². The number of aliphatic carboxylic acids is 1. The lowest BCUT2D eigenvalue weighted by atomic mass is 9.98. The number of ether oxygens (including phenoxy) is 1. The smallest absolute Gasteiger partial charge is 0.407 e. The number of carboxylic acid groups (broad SMARTS) is 1. The van der Waals surface area contributed by atoms with Gasteiger partial charge in [-0.25, -0.2) is 9.59 Å². The second-order valence-corrected chi connectivity index (χ2v) is 9.28. The van der Waals surface area contributed by atoms with E-state index in [1.807, 2.05) is 24.3 Å². The number of carbonyl (C=O) groups is 3. The van der Waals surface area contributed by atoms with Crippen LogP contribution in [0.4, 0.5) is 4.79 Å². The van der Waals surface area contributed by atoms with Gasteiger partial charge in [0.2, 0.25) is 5.91 Å². The molecule has 7 nitrogen and oxygen atoms in total. The third-order valence-corrected chi connectivity index (χ3v) is 7.30. The molecular weight excluding hydrogens is 420 g/mol. The molecule has 2 aliphatic carbocycles. The summed E-state index contributed by atoms with van der Waals surface area (Å²) in [4.78, 5) is 37.5. The molecular formula is C26H28N2O5. The molecule has 3 aliphatic rings. The maximum absolute atomic E-state index is 12.5. The van der Waals surface area contributed by atoms with Gasteiger partial charge in [0.15, 0.2) is 0 Å². The van der Waals surface area contributed by atoms with Gasteiger partial charge in [-0.15, -0.1) is 0 Å². The third-order valence-electron chi connectivity index (χ3n) is 7.30. The Morgan fingerprint density at radius 2 is 1.64 bits per heavy atom. The van der Waals surface area contributed by atoms with Crippen LogP contribution in [0.1, 0.15) is 49.1 Å². The van der Waals surface area contributed by atoms with Crippen LogP contribution in [0, 0.1) is 5.92 Å². The van der Waals surface area contributed by atoms with Crippen molar-refractivity contribution in [1.82, 2.24) is 10.2 Å². The van der Waals surface area contributed by atoms with Crippen molar-refractivity contribution in [3.63, 3.8) is 0 Å². The van der Waals surface area contributed by atoms with Crippen LogP contribution in [0.2, 0.25) is 0 Å². The van der Waals surface area contributed by atoms with E-state index in [-0.39, 0.29) is 30.4 Å². The topological polar surface area (TPSA) is 95.9 Å². The molecule has 0 radical (unpaired) electrons. The molecule has 2 amide bonds. The molecule has 33 heavy (non-hydrogen) atoms. The quantitative estimate of drug-likeness (QED) is 0.701.